The van der Waals surface area contributed by atoms with E-state index in [0.29, 0.717) is 12.6 Å². The molecule has 1 atom stereocenters. The maximum atomic E-state index is 5.13. The normalized spacial score (nSPS) is 13.1. The van der Waals surface area contributed by atoms with Crippen molar-refractivity contribution in [2.75, 3.05) is 20.3 Å². The van der Waals surface area contributed by atoms with E-state index in [-0.39, 0.29) is 0 Å². The van der Waals surface area contributed by atoms with Crippen LogP contribution in [0, 0.1) is 6.92 Å². The van der Waals surface area contributed by atoms with Crippen molar-refractivity contribution in [1.29, 1.82) is 0 Å². The summed E-state index contributed by atoms with van der Waals surface area (Å²) in [7, 11) is 1.72. The topological polar surface area (TPSA) is 39.1 Å². The van der Waals surface area contributed by atoms with Gasteiger partial charge in [-0.2, -0.15) is 5.10 Å². The van der Waals surface area contributed by atoms with Gasteiger partial charge in [-0.05, 0) is 19.0 Å². The molecular formula is C10H19N3O. The van der Waals surface area contributed by atoms with E-state index in [9.17, 15) is 0 Å². The zero-order valence-electron chi connectivity index (χ0n) is 9.16. The van der Waals surface area contributed by atoms with Crippen molar-refractivity contribution < 1.29 is 4.74 Å². The molecule has 0 amide bonds. The van der Waals surface area contributed by atoms with Gasteiger partial charge in [0.05, 0.1) is 25.4 Å². The van der Waals surface area contributed by atoms with Crippen LogP contribution in [0.5, 0.6) is 0 Å². The fourth-order valence-electron chi connectivity index (χ4n) is 1.46. The molecule has 0 bridgehead atoms. The smallest absolute Gasteiger partial charge is 0.0633 e. The fourth-order valence-corrected chi connectivity index (χ4v) is 1.46. The molecule has 0 saturated heterocycles. The number of hydrogen-bond donors (Lipinski definition) is 1. The molecule has 1 heterocycles. The number of aromatic nitrogens is 2. The van der Waals surface area contributed by atoms with Gasteiger partial charge < -0.3 is 10.1 Å². The Morgan fingerprint density at radius 2 is 2.43 bits per heavy atom. The molecule has 1 aromatic rings. The molecule has 80 valence electrons. The SMILES string of the molecule is CCNC(COC)Cn1cc(C)cn1. The van der Waals surface area contributed by atoms with Crippen molar-refractivity contribution in [2.45, 2.75) is 26.4 Å². The highest BCUT2D eigenvalue weighted by molar-refractivity contribution is 4.99. The molecule has 0 saturated carbocycles. The van der Waals surface area contributed by atoms with Crippen LogP contribution in [0.2, 0.25) is 0 Å². The fraction of sp³-hybridized carbons (Fsp3) is 0.700. The predicted octanol–water partition coefficient (Wildman–Crippen LogP) is 0.816. The van der Waals surface area contributed by atoms with Crippen LogP contribution in [-0.4, -0.2) is 36.1 Å². The summed E-state index contributed by atoms with van der Waals surface area (Å²) in [5, 5.41) is 7.60. The van der Waals surface area contributed by atoms with E-state index < -0.39 is 0 Å². The highest BCUT2D eigenvalue weighted by Gasteiger charge is 2.07. The quantitative estimate of drug-likeness (QED) is 0.733. The molecule has 0 aliphatic carbocycles. The molecule has 4 heteroatoms. The van der Waals surface area contributed by atoms with Gasteiger partial charge in [0, 0.05) is 13.3 Å². The van der Waals surface area contributed by atoms with Gasteiger partial charge in [0.25, 0.3) is 0 Å². The first-order chi connectivity index (χ1) is 6.76. The number of hydrogen-bond acceptors (Lipinski definition) is 3. The highest BCUT2D eigenvalue weighted by Crippen LogP contribution is 1.97. The van der Waals surface area contributed by atoms with Crippen LogP contribution >= 0.6 is 0 Å². The third kappa shape index (κ3) is 3.47. The molecule has 0 aromatic carbocycles. The van der Waals surface area contributed by atoms with Crippen LogP contribution in [0.25, 0.3) is 0 Å². The number of rotatable bonds is 6. The van der Waals surface area contributed by atoms with Crippen LogP contribution in [0.4, 0.5) is 0 Å². The van der Waals surface area contributed by atoms with Crippen molar-refractivity contribution in [1.82, 2.24) is 15.1 Å². The summed E-state index contributed by atoms with van der Waals surface area (Å²) >= 11 is 0. The average Bonchev–Trinajstić information content (AvgIpc) is 2.52. The van der Waals surface area contributed by atoms with Gasteiger partial charge in [-0.1, -0.05) is 6.92 Å². The van der Waals surface area contributed by atoms with Crippen molar-refractivity contribution in [2.24, 2.45) is 0 Å². The van der Waals surface area contributed by atoms with Crippen LogP contribution < -0.4 is 5.32 Å². The van der Waals surface area contributed by atoms with E-state index in [0.717, 1.165) is 13.1 Å². The van der Waals surface area contributed by atoms with E-state index in [4.69, 9.17) is 4.74 Å². The molecule has 0 radical (unpaired) electrons. The number of aryl methyl sites for hydroxylation is 1. The molecule has 1 aromatic heterocycles. The van der Waals surface area contributed by atoms with Crippen molar-refractivity contribution in [3.05, 3.63) is 18.0 Å². The van der Waals surface area contributed by atoms with Gasteiger partial charge in [-0.15, -0.1) is 0 Å². The van der Waals surface area contributed by atoms with Crippen LogP contribution in [0.1, 0.15) is 12.5 Å². The van der Waals surface area contributed by atoms with Gasteiger partial charge in [0.15, 0.2) is 0 Å². The summed E-state index contributed by atoms with van der Waals surface area (Å²) < 4.78 is 7.08. The lowest BCUT2D eigenvalue weighted by atomic mass is 10.3. The van der Waals surface area contributed by atoms with E-state index >= 15 is 0 Å². The molecule has 0 aliphatic rings. The zero-order valence-corrected chi connectivity index (χ0v) is 9.16. The minimum Gasteiger partial charge on any atom is -0.383 e. The number of nitrogens with one attached hydrogen (secondary N) is 1. The van der Waals surface area contributed by atoms with Gasteiger partial charge >= 0.3 is 0 Å². The number of methoxy groups -OCH3 is 1. The molecule has 0 fully saturated rings. The van der Waals surface area contributed by atoms with E-state index in [2.05, 4.69) is 17.3 Å². The minimum absolute atomic E-state index is 0.337. The van der Waals surface area contributed by atoms with Gasteiger partial charge in [0.2, 0.25) is 0 Å². The third-order valence-electron chi connectivity index (χ3n) is 2.03. The Kier molecular flexibility index (Phi) is 4.62. The summed E-state index contributed by atoms with van der Waals surface area (Å²) in [5.74, 6) is 0. The van der Waals surface area contributed by atoms with Crippen LogP contribution in [-0.2, 0) is 11.3 Å². The second-order valence-corrected chi connectivity index (χ2v) is 3.45. The monoisotopic (exact) mass is 197 g/mol. The first kappa shape index (κ1) is 11.2. The molecular weight excluding hydrogens is 178 g/mol. The highest BCUT2D eigenvalue weighted by atomic mass is 16.5. The molecule has 14 heavy (non-hydrogen) atoms. The Labute approximate surface area is 85.3 Å². The summed E-state index contributed by atoms with van der Waals surface area (Å²) in [6.07, 6.45) is 3.91. The Bertz CT molecular complexity index is 254. The molecule has 1 rings (SSSR count). The van der Waals surface area contributed by atoms with Gasteiger partial charge in [0.1, 0.15) is 0 Å². The molecule has 1 unspecified atom stereocenters. The summed E-state index contributed by atoms with van der Waals surface area (Å²) in [4.78, 5) is 0. The maximum Gasteiger partial charge on any atom is 0.0633 e. The van der Waals surface area contributed by atoms with E-state index in [1.165, 1.54) is 5.56 Å². The van der Waals surface area contributed by atoms with Crippen molar-refractivity contribution in [3.8, 4) is 0 Å². The number of nitrogens with zero attached hydrogens (tertiary/aromatic N) is 2. The Morgan fingerprint density at radius 1 is 1.64 bits per heavy atom. The van der Waals surface area contributed by atoms with Crippen molar-refractivity contribution >= 4 is 0 Å². The van der Waals surface area contributed by atoms with Crippen molar-refractivity contribution in [3.63, 3.8) is 0 Å². The lowest BCUT2D eigenvalue weighted by Gasteiger charge is -2.16. The molecule has 4 nitrogen and oxygen atoms in total. The predicted molar refractivity (Wildman–Crippen MR) is 56.3 cm³/mol. The minimum atomic E-state index is 0.337. The lowest BCUT2D eigenvalue weighted by molar-refractivity contribution is 0.157. The second-order valence-electron chi connectivity index (χ2n) is 3.45. The van der Waals surface area contributed by atoms with Gasteiger partial charge in [-0.25, -0.2) is 0 Å². The standard InChI is InChI=1S/C10H19N3O/c1-4-11-10(8-14-3)7-13-6-9(2)5-12-13/h5-6,10-11H,4,7-8H2,1-3H3. The number of likely N-dealkylation sites (N-methyl/N-ethyl adjacent to an activating group) is 1. The van der Waals surface area contributed by atoms with Gasteiger partial charge in [-0.3, -0.25) is 4.68 Å². The Morgan fingerprint density at radius 3 is 2.93 bits per heavy atom. The van der Waals surface area contributed by atoms with Crippen LogP contribution in [0.15, 0.2) is 12.4 Å². The van der Waals surface area contributed by atoms with E-state index in [1.807, 2.05) is 24.0 Å². The lowest BCUT2D eigenvalue weighted by Crippen LogP contribution is -2.37. The largest absolute Gasteiger partial charge is 0.383 e. The maximum absolute atomic E-state index is 5.13. The first-order valence-electron chi connectivity index (χ1n) is 4.97. The Hall–Kier alpha value is -0.870. The second kappa shape index (κ2) is 5.78. The first-order valence-corrected chi connectivity index (χ1v) is 4.97. The summed E-state index contributed by atoms with van der Waals surface area (Å²) in [6, 6.07) is 0.337. The average molecular weight is 197 g/mol. The summed E-state index contributed by atoms with van der Waals surface area (Å²) in [6.45, 7) is 6.66. The van der Waals surface area contributed by atoms with Crippen LogP contribution in [0.3, 0.4) is 0 Å². The molecule has 0 aliphatic heterocycles. The summed E-state index contributed by atoms with van der Waals surface area (Å²) in [5.41, 5.74) is 1.19. The molecule has 0 spiro atoms. The Balaban J connectivity index is 2.46. The van der Waals surface area contributed by atoms with E-state index in [1.54, 1.807) is 7.11 Å². The zero-order chi connectivity index (χ0) is 10.4. The third-order valence-corrected chi connectivity index (χ3v) is 2.03. The molecule has 1 N–H and O–H groups in total. The number of ether oxygens (including phenoxy) is 1.